The van der Waals surface area contributed by atoms with Crippen LogP contribution in [0.4, 0.5) is 0 Å². The SMILES string of the molecule is O=C1CC(C(=O)NC2CCCCC2)Cc2ccccc21. The standard InChI is InChI=1S/C17H21NO2/c19-16-11-13(10-12-6-4-5-9-15(12)16)17(20)18-14-7-2-1-3-8-14/h4-6,9,13-14H,1-3,7-8,10-11H2,(H,18,20). The lowest BCUT2D eigenvalue weighted by molar-refractivity contribution is -0.126. The molecule has 0 heterocycles. The molecule has 2 aliphatic rings. The summed E-state index contributed by atoms with van der Waals surface area (Å²) in [7, 11) is 0. The molecule has 1 N–H and O–H groups in total. The molecule has 3 heteroatoms. The second-order valence-corrected chi connectivity index (χ2v) is 6.03. The van der Waals surface area contributed by atoms with Gasteiger partial charge in [-0.1, -0.05) is 43.5 Å². The molecule has 1 amide bonds. The number of carbonyl (C=O) groups excluding carboxylic acids is 2. The summed E-state index contributed by atoms with van der Waals surface area (Å²) in [6, 6.07) is 7.98. The first-order chi connectivity index (χ1) is 9.74. The molecule has 1 atom stereocenters. The van der Waals surface area contributed by atoms with Gasteiger partial charge in [0.1, 0.15) is 0 Å². The Balaban J connectivity index is 1.66. The number of amides is 1. The van der Waals surface area contributed by atoms with Crippen LogP contribution in [0.2, 0.25) is 0 Å². The van der Waals surface area contributed by atoms with E-state index in [0.29, 0.717) is 18.9 Å². The van der Waals surface area contributed by atoms with Crippen molar-refractivity contribution in [3.8, 4) is 0 Å². The Labute approximate surface area is 119 Å². The van der Waals surface area contributed by atoms with Crippen LogP contribution in [0.15, 0.2) is 24.3 Å². The van der Waals surface area contributed by atoms with Crippen LogP contribution in [0, 0.1) is 5.92 Å². The number of fused-ring (bicyclic) bond motifs is 1. The lowest BCUT2D eigenvalue weighted by atomic mass is 9.82. The van der Waals surface area contributed by atoms with Gasteiger partial charge in [0.15, 0.2) is 5.78 Å². The number of carbonyl (C=O) groups is 2. The normalized spacial score (nSPS) is 23.2. The van der Waals surface area contributed by atoms with Crippen molar-refractivity contribution in [3.63, 3.8) is 0 Å². The Hall–Kier alpha value is -1.64. The lowest BCUT2D eigenvalue weighted by Crippen LogP contribution is -2.42. The van der Waals surface area contributed by atoms with Gasteiger partial charge in [0.05, 0.1) is 0 Å². The largest absolute Gasteiger partial charge is 0.353 e. The summed E-state index contributed by atoms with van der Waals surface area (Å²) in [5.74, 6) is -0.00489. The van der Waals surface area contributed by atoms with Crippen molar-refractivity contribution in [2.24, 2.45) is 5.92 Å². The summed E-state index contributed by atoms with van der Waals surface area (Å²) in [5.41, 5.74) is 1.82. The molecule has 2 aliphatic carbocycles. The monoisotopic (exact) mass is 271 g/mol. The van der Waals surface area contributed by atoms with Crippen LogP contribution >= 0.6 is 0 Å². The lowest BCUT2D eigenvalue weighted by Gasteiger charge is -2.27. The minimum atomic E-state index is -0.181. The van der Waals surface area contributed by atoms with Gasteiger partial charge < -0.3 is 5.32 Å². The number of Topliss-reactive ketones (excluding diaryl/α,β-unsaturated/α-hetero) is 1. The van der Waals surface area contributed by atoms with Crippen molar-refractivity contribution < 1.29 is 9.59 Å². The molecule has 0 radical (unpaired) electrons. The Morgan fingerprint density at radius 3 is 2.60 bits per heavy atom. The highest BCUT2D eigenvalue weighted by Crippen LogP contribution is 2.26. The first-order valence-electron chi connectivity index (χ1n) is 7.65. The van der Waals surface area contributed by atoms with Crippen molar-refractivity contribution in [2.45, 2.75) is 51.0 Å². The van der Waals surface area contributed by atoms with E-state index in [1.165, 1.54) is 19.3 Å². The van der Waals surface area contributed by atoms with Crippen molar-refractivity contribution in [3.05, 3.63) is 35.4 Å². The highest BCUT2D eigenvalue weighted by atomic mass is 16.2. The summed E-state index contributed by atoms with van der Waals surface area (Å²) in [6.07, 6.45) is 6.92. The van der Waals surface area contributed by atoms with Crippen LogP contribution < -0.4 is 5.32 Å². The summed E-state index contributed by atoms with van der Waals surface area (Å²) in [4.78, 5) is 24.5. The van der Waals surface area contributed by atoms with E-state index in [9.17, 15) is 9.59 Å². The van der Waals surface area contributed by atoms with E-state index >= 15 is 0 Å². The molecule has 1 aromatic carbocycles. The maximum atomic E-state index is 12.4. The quantitative estimate of drug-likeness (QED) is 0.899. The third kappa shape index (κ3) is 2.77. The van der Waals surface area contributed by atoms with Gasteiger partial charge in [-0.2, -0.15) is 0 Å². The number of nitrogens with one attached hydrogen (secondary N) is 1. The molecule has 0 bridgehead atoms. The maximum absolute atomic E-state index is 12.4. The van der Waals surface area contributed by atoms with Crippen LogP contribution in [0.5, 0.6) is 0 Å². The third-order valence-electron chi connectivity index (χ3n) is 4.54. The molecule has 1 aromatic rings. The summed E-state index contributed by atoms with van der Waals surface area (Å²) < 4.78 is 0. The Morgan fingerprint density at radius 2 is 1.80 bits per heavy atom. The summed E-state index contributed by atoms with van der Waals surface area (Å²) >= 11 is 0. The number of ketones is 1. The van der Waals surface area contributed by atoms with E-state index in [1.54, 1.807) is 0 Å². The molecule has 0 spiro atoms. The highest BCUT2D eigenvalue weighted by molar-refractivity contribution is 6.01. The van der Waals surface area contributed by atoms with Crippen LogP contribution in [0.1, 0.15) is 54.4 Å². The number of rotatable bonds is 2. The van der Waals surface area contributed by atoms with Gasteiger partial charge in [0.25, 0.3) is 0 Å². The highest BCUT2D eigenvalue weighted by Gasteiger charge is 2.30. The van der Waals surface area contributed by atoms with Gasteiger partial charge in [0.2, 0.25) is 5.91 Å². The number of benzene rings is 1. The Kier molecular flexibility index (Phi) is 3.86. The van der Waals surface area contributed by atoms with Gasteiger partial charge >= 0.3 is 0 Å². The molecule has 3 nitrogen and oxygen atoms in total. The second kappa shape index (κ2) is 5.78. The smallest absolute Gasteiger partial charge is 0.224 e. The van der Waals surface area contributed by atoms with Gasteiger partial charge in [0, 0.05) is 23.9 Å². The molecule has 0 aromatic heterocycles. The van der Waals surface area contributed by atoms with E-state index in [0.717, 1.165) is 24.0 Å². The first kappa shape index (κ1) is 13.3. The predicted octanol–water partition coefficient (Wildman–Crippen LogP) is 2.88. The topological polar surface area (TPSA) is 46.2 Å². The van der Waals surface area contributed by atoms with Crippen molar-refractivity contribution in [2.75, 3.05) is 0 Å². The average molecular weight is 271 g/mol. The molecule has 1 fully saturated rings. The van der Waals surface area contributed by atoms with Crippen LogP contribution in [0.25, 0.3) is 0 Å². The molecule has 106 valence electrons. The van der Waals surface area contributed by atoms with Gasteiger partial charge in [-0.3, -0.25) is 9.59 Å². The fourth-order valence-electron chi connectivity index (χ4n) is 3.39. The zero-order valence-electron chi connectivity index (χ0n) is 11.7. The summed E-state index contributed by atoms with van der Waals surface area (Å²) in [6.45, 7) is 0. The van der Waals surface area contributed by atoms with Gasteiger partial charge in [-0.15, -0.1) is 0 Å². The first-order valence-corrected chi connectivity index (χ1v) is 7.65. The molecule has 0 aliphatic heterocycles. The molecular formula is C17H21NO2. The average Bonchev–Trinajstić information content (AvgIpc) is 2.48. The Bertz CT molecular complexity index is 517. The van der Waals surface area contributed by atoms with Crippen LogP contribution in [-0.4, -0.2) is 17.7 Å². The fraction of sp³-hybridized carbons (Fsp3) is 0.529. The molecule has 1 unspecified atom stereocenters. The Morgan fingerprint density at radius 1 is 1.05 bits per heavy atom. The van der Waals surface area contributed by atoms with Crippen molar-refractivity contribution in [1.29, 1.82) is 0 Å². The van der Waals surface area contributed by atoms with E-state index in [2.05, 4.69) is 5.32 Å². The van der Waals surface area contributed by atoms with Crippen LogP contribution in [-0.2, 0) is 11.2 Å². The van der Waals surface area contributed by atoms with E-state index in [1.807, 2.05) is 24.3 Å². The van der Waals surface area contributed by atoms with Crippen LogP contribution in [0.3, 0.4) is 0 Å². The molecular weight excluding hydrogens is 250 g/mol. The van der Waals surface area contributed by atoms with Crippen molar-refractivity contribution >= 4 is 11.7 Å². The fourth-order valence-corrected chi connectivity index (χ4v) is 3.39. The van der Waals surface area contributed by atoms with Gasteiger partial charge in [-0.25, -0.2) is 0 Å². The minimum Gasteiger partial charge on any atom is -0.353 e. The second-order valence-electron chi connectivity index (χ2n) is 6.03. The molecule has 20 heavy (non-hydrogen) atoms. The summed E-state index contributed by atoms with van der Waals surface area (Å²) in [5, 5.41) is 3.15. The third-order valence-corrected chi connectivity index (χ3v) is 4.54. The maximum Gasteiger partial charge on any atom is 0.224 e. The predicted molar refractivity (Wildman–Crippen MR) is 77.6 cm³/mol. The zero-order valence-corrected chi connectivity index (χ0v) is 11.7. The molecule has 1 saturated carbocycles. The van der Waals surface area contributed by atoms with E-state index in [-0.39, 0.29) is 17.6 Å². The number of hydrogen-bond acceptors (Lipinski definition) is 2. The molecule has 3 rings (SSSR count). The van der Waals surface area contributed by atoms with Gasteiger partial charge in [-0.05, 0) is 24.8 Å². The number of hydrogen-bond donors (Lipinski definition) is 1. The zero-order chi connectivity index (χ0) is 13.9. The van der Waals surface area contributed by atoms with E-state index < -0.39 is 0 Å². The molecule has 0 saturated heterocycles. The van der Waals surface area contributed by atoms with Crippen molar-refractivity contribution in [1.82, 2.24) is 5.32 Å². The minimum absolute atomic E-state index is 0.0692. The van der Waals surface area contributed by atoms with E-state index in [4.69, 9.17) is 0 Å².